The van der Waals surface area contributed by atoms with Crippen LogP contribution in [0.3, 0.4) is 0 Å². The molecule has 0 aliphatic heterocycles. The van der Waals surface area contributed by atoms with Crippen molar-refractivity contribution in [3.05, 3.63) is 206 Å². The van der Waals surface area contributed by atoms with Gasteiger partial charge in [0.2, 0.25) is 0 Å². The Bertz CT molecular complexity index is 2920. The molecule has 0 saturated heterocycles. The molecule has 4 aliphatic rings. The third kappa shape index (κ3) is 6.31. The Morgan fingerprint density at radius 3 is 1.47 bits per heavy atom. The highest BCUT2D eigenvalue weighted by Gasteiger charge is 2.49. The first-order chi connectivity index (χ1) is 31.6. The maximum absolute atomic E-state index is 2.89. The standard InChI is InChI=1S/C65H69N/c1-42-32-34-53-57(63(7,8)38-36-61(53,3)4)59(42)66(60-43(2)33-35-54-58(60)64(9,10)39-37-62(54,5)6)56-41-55-50(40-51(56)48-30-21-23-44-22-17-18-28-47(44)48)49-29-19-20-31-52(49)65(55,45-24-13-11-14-25-45)46-26-15-12-16-27-46/h11-16,19-21,23-27,29-35,40-41H,17-18,22,28,36-39H2,1-10H3. The summed E-state index contributed by atoms with van der Waals surface area (Å²) in [5.41, 5.74) is 26.0. The van der Waals surface area contributed by atoms with Crippen molar-refractivity contribution < 1.29 is 0 Å². The molecule has 0 radical (unpaired) electrons. The van der Waals surface area contributed by atoms with Crippen LogP contribution in [0.15, 0.2) is 140 Å². The van der Waals surface area contributed by atoms with E-state index in [-0.39, 0.29) is 21.7 Å². The summed E-state index contributed by atoms with van der Waals surface area (Å²) in [6.07, 6.45) is 9.37. The lowest BCUT2D eigenvalue weighted by Crippen LogP contribution is -2.38. The van der Waals surface area contributed by atoms with Crippen molar-refractivity contribution in [1.82, 2.24) is 0 Å². The molecule has 0 N–H and O–H groups in total. The Labute approximate surface area is 396 Å². The van der Waals surface area contributed by atoms with E-state index in [4.69, 9.17) is 0 Å². The van der Waals surface area contributed by atoms with Gasteiger partial charge < -0.3 is 4.90 Å². The van der Waals surface area contributed by atoms with Crippen LogP contribution in [0.5, 0.6) is 0 Å². The van der Waals surface area contributed by atoms with E-state index in [0.717, 1.165) is 25.7 Å². The van der Waals surface area contributed by atoms with E-state index in [1.54, 1.807) is 0 Å². The second-order valence-corrected chi connectivity index (χ2v) is 23.3. The molecule has 1 nitrogen and oxygen atoms in total. The lowest BCUT2D eigenvalue weighted by Gasteiger charge is -2.48. The van der Waals surface area contributed by atoms with Gasteiger partial charge >= 0.3 is 0 Å². The fourth-order valence-corrected chi connectivity index (χ4v) is 13.5. The molecule has 1 heteroatoms. The predicted molar refractivity (Wildman–Crippen MR) is 281 cm³/mol. The summed E-state index contributed by atoms with van der Waals surface area (Å²) in [6.45, 7) is 24.9. The number of nitrogens with zero attached hydrogens (tertiary/aromatic N) is 1. The zero-order chi connectivity index (χ0) is 46.0. The van der Waals surface area contributed by atoms with Crippen molar-refractivity contribution in [2.75, 3.05) is 4.90 Å². The van der Waals surface area contributed by atoms with Crippen LogP contribution in [0.25, 0.3) is 22.3 Å². The largest absolute Gasteiger partial charge is 0.309 e. The molecule has 0 amide bonds. The number of rotatable bonds is 6. The van der Waals surface area contributed by atoms with Crippen molar-refractivity contribution in [3.8, 4) is 22.3 Å². The number of hydrogen-bond donors (Lipinski definition) is 0. The molecule has 7 aromatic rings. The molecule has 0 atom stereocenters. The molecule has 11 rings (SSSR count). The van der Waals surface area contributed by atoms with Gasteiger partial charge in [-0.3, -0.25) is 0 Å². The van der Waals surface area contributed by atoms with E-state index in [1.807, 2.05) is 0 Å². The normalized spacial score (nSPS) is 18.9. The van der Waals surface area contributed by atoms with Gasteiger partial charge in [-0.05, 0) is 182 Å². The fourth-order valence-electron chi connectivity index (χ4n) is 13.5. The zero-order valence-corrected chi connectivity index (χ0v) is 41.4. The van der Waals surface area contributed by atoms with Crippen LogP contribution >= 0.6 is 0 Å². The second kappa shape index (κ2) is 15.2. The molecule has 0 aromatic heterocycles. The minimum Gasteiger partial charge on any atom is -0.309 e. The van der Waals surface area contributed by atoms with Gasteiger partial charge in [0, 0.05) is 5.56 Å². The van der Waals surface area contributed by atoms with Gasteiger partial charge in [-0.2, -0.15) is 0 Å². The molecule has 0 saturated carbocycles. The van der Waals surface area contributed by atoms with Crippen molar-refractivity contribution in [2.24, 2.45) is 0 Å². The Hall–Kier alpha value is -5.66. The minimum atomic E-state index is -0.539. The van der Waals surface area contributed by atoms with Crippen LogP contribution in [0.2, 0.25) is 0 Å². The van der Waals surface area contributed by atoms with Gasteiger partial charge in [0.15, 0.2) is 0 Å². The van der Waals surface area contributed by atoms with Crippen LogP contribution in [-0.4, -0.2) is 0 Å². The van der Waals surface area contributed by atoms with E-state index < -0.39 is 5.41 Å². The average molecular weight is 864 g/mol. The number of anilines is 3. The molecule has 0 heterocycles. The molecular formula is C65H69N. The third-order valence-corrected chi connectivity index (χ3v) is 17.3. The highest BCUT2D eigenvalue weighted by atomic mass is 15.2. The summed E-state index contributed by atoms with van der Waals surface area (Å²) >= 11 is 0. The average Bonchev–Trinajstić information content (AvgIpc) is 3.60. The molecule has 334 valence electrons. The van der Waals surface area contributed by atoms with Crippen molar-refractivity contribution in [1.29, 1.82) is 0 Å². The van der Waals surface area contributed by atoms with Crippen molar-refractivity contribution in [2.45, 2.75) is 148 Å². The third-order valence-electron chi connectivity index (χ3n) is 17.3. The first-order valence-corrected chi connectivity index (χ1v) is 25.2. The number of benzene rings is 7. The van der Waals surface area contributed by atoms with Crippen LogP contribution in [0, 0.1) is 13.8 Å². The Morgan fingerprint density at radius 2 is 0.894 bits per heavy atom. The minimum absolute atomic E-state index is 0.0428. The first-order valence-electron chi connectivity index (χ1n) is 25.2. The van der Waals surface area contributed by atoms with Crippen molar-refractivity contribution in [3.63, 3.8) is 0 Å². The van der Waals surface area contributed by atoms with E-state index in [0.29, 0.717) is 0 Å². The molecule has 4 aliphatic carbocycles. The molecule has 66 heavy (non-hydrogen) atoms. The van der Waals surface area contributed by atoms with Gasteiger partial charge in [0.25, 0.3) is 0 Å². The molecule has 0 spiro atoms. The zero-order valence-electron chi connectivity index (χ0n) is 41.4. The summed E-state index contributed by atoms with van der Waals surface area (Å²) < 4.78 is 0. The Morgan fingerprint density at radius 1 is 0.394 bits per heavy atom. The smallest absolute Gasteiger partial charge is 0.0714 e. The highest BCUT2D eigenvalue weighted by Crippen LogP contribution is 2.62. The maximum Gasteiger partial charge on any atom is 0.0714 e. The maximum atomic E-state index is 2.89. The summed E-state index contributed by atoms with van der Waals surface area (Å²) in [6, 6.07) is 54.7. The van der Waals surface area contributed by atoms with Crippen LogP contribution in [-0.2, 0) is 39.9 Å². The van der Waals surface area contributed by atoms with E-state index in [2.05, 4.69) is 214 Å². The molecule has 0 unspecified atom stereocenters. The predicted octanol–water partition coefficient (Wildman–Crippen LogP) is 17.4. The first kappa shape index (κ1) is 42.9. The molecule has 0 fully saturated rings. The molecule has 7 aromatic carbocycles. The lowest BCUT2D eigenvalue weighted by atomic mass is 9.61. The fraction of sp³-hybridized carbons (Fsp3) is 0.354. The Kier molecular flexibility index (Phi) is 9.88. The molecular weight excluding hydrogens is 795 g/mol. The van der Waals surface area contributed by atoms with Gasteiger partial charge in [-0.15, -0.1) is 0 Å². The van der Waals surface area contributed by atoms with Crippen molar-refractivity contribution >= 4 is 17.1 Å². The SMILES string of the molecule is Cc1ccc2c(c1N(c1cc3c(cc1-c1cccc4c1CCCC4)-c1ccccc1C3(c1ccccc1)c1ccccc1)c1c(C)ccc3c1C(C)(C)CCC3(C)C)C(C)(C)CCC2(C)C. The number of fused-ring (bicyclic) bond motifs is 6. The second-order valence-electron chi connectivity index (χ2n) is 23.3. The van der Waals surface area contributed by atoms with Gasteiger partial charge in [0.1, 0.15) is 0 Å². The summed E-state index contributed by atoms with van der Waals surface area (Å²) in [5.74, 6) is 0. The van der Waals surface area contributed by atoms with Gasteiger partial charge in [0.05, 0.1) is 22.5 Å². The lowest BCUT2D eigenvalue weighted by molar-refractivity contribution is 0.331. The summed E-state index contributed by atoms with van der Waals surface area (Å²) in [4.78, 5) is 2.89. The van der Waals surface area contributed by atoms with E-state index in [9.17, 15) is 0 Å². The summed E-state index contributed by atoms with van der Waals surface area (Å²) in [7, 11) is 0. The number of aryl methyl sites for hydroxylation is 3. The topological polar surface area (TPSA) is 3.24 Å². The van der Waals surface area contributed by atoms with Gasteiger partial charge in [-0.25, -0.2) is 0 Å². The van der Waals surface area contributed by atoms with Crippen LogP contribution < -0.4 is 4.90 Å². The van der Waals surface area contributed by atoms with Crippen LogP contribution in [0.4, 0.5) is 17.1 Å². The monoisotopic (exact) mass is 864 g/mol. The van der Waals surface area contributed by atoms with E-state index in [1.165, 1.54) is 132 Å². The van der Waals surface area contributed by atoms with Gasteiger partial charge in [-0.1, -0.05) is 183 Å². The number of hydrogen-bond acceptors (Lipinski definition) is 1. The Balaban J connectivity index is 1.38. The highest BCUT2D eigenvalue weighted by molar-refractivity contribution is 5.99. The quantitative estimate of drug-likeness (QED) is 0.161. The molecule has 0 bridgehead atoms. The van der Waals surface area contributed by atoms with Crippen LogP contribution in [0.1, 0.15) is 161 Å². The van der Waals surface area contributed by atoms with E-state index >= 15 is 0 Å². The summed E-state index contributed by atoms with van der Waals surface area (Å²) in [5, 5.41) is 0.